The van der Waals surface area contributed by atoms with Crippen LogP contribution in [0.3, 0.4) is 0 Å². The Morgan fingerprint density at radius 3 is 2.53 bits per heavy atom. The smallest absolute Gasteiger partial charge is 0.274 e. The lowest BCUT2D eigenvalue weighted by Crippen LogP contribution is -2.18. The molecule has 0 atom stereocenters. The lowest BCUT2D eigenvalue weighted by Gasteiger charge is -2.17. The molecule has 0 saturated heterocycles. The standard InChI is InChI=1S/C27H26N6O3/c1-16-6-5-7-17(2)26(16)36-23-15-32(3)24(34)11-19(23)21-14-33(4)27(35)25-20(21)10-22(31-25)18(12-29)13-30-9-8-28/h5-7,10-15,31H,9,29H2,1-4H3. The fourth-order valence-electron chi connectivity index (χ4n) is 4.06. The van der Waals surface area contributed by atoms with E-state index in [2.05, 4.69) is 9.98 Å². The SMILES string of the molecule is Cc1cccc(C)c1Oc1cn(C)c(=O)cc1-c1cn(C)c(=O)c2[nH]c(C(C=NCC#N)=CN)cc12. The predicted molar refractivity (Wildman–Crippen MR) is 141 cm³/mol. The number of aryl methyl sites for hydroxylation is 4. The number of pyridine rings is 2. The van der Waals surface area contributed by atoms with Crippen molar-refractivity contribution < 1.29 is 4.74 Å². The van der Waals surface area contributed by atoms with Crippen LogP contribution in [-0.4, -0.2) is 26.9 Å². The molecule has 0 radical (unpaired) electrons. The lowest BCUT2D eigenvalue weighted by atomic mass is 10.0. The van der Waals surface area contributed by atoms with Crippen molar-refractivity contribution in [2.45, 2.75) is 13.8 Å². The van der Waals surface area contributed by atoms with E-state index in [-0.39, 0.29) is 17.7 Å². The Balaban J connectivity index is 1.97. The maximum atomic E-state index is 13.0. The van der Waals surface area contributed by atoms with E-state index in [1.165, 1.54) is 27.6 Å². The fourth-order valence-corrected chi connectivity index (χ4v) is 4.06. The predicted octanol–water partition coefficient (Wildman–Crippen LogP) is 3.54. The Labute approximate surface area is 207 Å². The van der Waals surface area contributed by atoms with Crippen molar-refractivity contribution in [1.82, 2.24) is 14.1 Å². The van der Waals surface area contributed by atoms with Crippen LogP contribution in [0.4, 0.5) is 0 Å². The molecule has 0 fully saturated rings. The van der Waals surface area contributed by atoms with Crippen LogP contribution >= 0.6 is 0 Å². The van der Waals surface area contributed by atoms with Gasteiger partial charge in [-0.25, -0.2) is 0 Å². The largest absolute Gasteiger partial charge is 0.455 e. The summed E-state index contributed by atoms with van der Waals surface area (Å²) in [6, 6.07) is 11.1. The molecule has 3 N–H and O–H groups in total. The molecule has 1 aromatic carbocycles. The number of allylic oxidation sites excluding steroid dienone is 1. The van der Waals surface area contributed by atoms with E-state index in [1.807, 2.05) is 38.1 Å². The second-order valence-electron chi connectivity index (χ2n) is 8.50. The number of H-pyrrole nitrogens is 1. The third-order valence-corrected chi connectivity index (χ3v) is 5.95. The number of aliphatic imine (C=N–C) groups is 1. The number of para-hydroxylation sites is 1. The quantitative estimate of drug-likeness (QED) is 0.321. The molecule has 3 heterocycles. The van der Waals surface area contributed by atoms with E-state index in [1.54, 1.807) is 32.6 Å². The van der Waals surface area contributed by atoms with Crippen molar-refractivity contribution in [3.63, 3.8) is 0 Å². The van der Waals surface area contributed by atoms with Crippen LogP contribution in [0.2, 0.25) is 0 Å². The summed E-state index contributed by atoms with van der Waals surface area (Å²) in [4.78, 5) is 32.8. The van der Waals surface area contributed by atoms with Gasteiger partial charge < -0.3 is 24.6 Å². The van der Waals surface area contributed by atoms with Gasteiger partial charge in [-0.2, -0.15) is 5.26 Å². The molecule has 9 heteroatoms. The minimum absolute atomic E-state index is 0.0170. The number of rotatable bonds is 6. The maximum Gasteiger partial charge on any atom is 0.274 e. The zero-order valence-corrected chi connectivity index (χ0v) is 20.5. The summed E-state index contributed by atoms with van der Waals surface area (Å²) in [5, 5.41) is 9.37. The number of hydrogen-bond donors (Lipinski definition) is 2. The first kappa shape index (κ1) is 24.3. The average molecular weight is 483 g/mol. The molecule has 0 amide bonds. The van der Waals surface area contributed by atoms with E-state index in [0.29, 0.717) is 44.8 Å². The van der Waals surface area contributed by atoms with Crippen LogP contribution in [0.1, 0.15) is 16.8 Å². The molecule has 182 valence electrons. The van der Waals surface area contributed by atoms with Gasteiger partial charge in [0.2, 0.25) is 0 Å². The highest BCUT2D eigenvalue weighted by Crippen LogP contribution is 2.38. The Kier molecular flexibility index (Phi) is 6.61. The van der Waals surface area contributed by atoms with Crippen molar-refractivity contribution in [3.05, 3.63) is 86.5 Å². The van der Waals surface area contributed by atoms with Crippen LogP contribution in [0.15, 0.2) is 63.5 Å². The zero-order valence-electron chi connectivity index (χ0n) is 20.5. The summed E-state index contributed by atoms with van der Waals surface area (Å²) < 4.78 is 9.29. The zero-order chi connectivity index (χ0) is 26.0. The highest BCUT2D eigenvalue weighted by atomic mass is 16.5. The molecule has 0 unspecified atom stereocenters. The van der Waals surface area contributed by atoms with Crippen molar-refractivity contribution in [3.8, 4) is 28.7 Å². The monoisotopic (exact) mass is 482 g/mol. The number of benzene rings is 1. The van der Waals surface area contributed by atoms with Gasteiger partial charge in [0, 0.05) is 66.6 Å². The molecule has 0 aliphatic heterocycles. The normalized spacial score (nSPS) is 11.8. The van der Waals surface area contributed by atoms with E-state index >= 15 is 0 Å². The number of aromatic nitrogens is 3. The summed E-state index contributed by atoms with van der Waals surface area (Å²) in [7, 11) is 3.31. The molecule has 0 aliphatic carbocycles. The number of nitriles is 1. The Hall–Kier alpha value is -4.84. The minimum atomic E-state index is -0.244. The van der Waals surface area contributed by atoms with Gasteiger partial charge >= 0.3 is 0 Å². The number of nitrogens with zero attached hydrogens (tertiary/aromatic N) is 4. The summed E-state index contributed by atoms with van der Waals surface area (Å²) in [5.74, 6) is 1.18. The molecule has 0 saturated carbocycles. The van der Waals surface area contributed by atoms with Crippen molar-refractivity contribution in [2.75, 3.05) is 6.54 Å². The molecule has 9 nitrogen and oxygen atoms in total. The first-order chi connectivity index (χ1) is 17.2. The van der Waals surface area contributed by atoms with Crippen molar-refractivity contribution in [2.24, 2.45) is 24.8 Å². The molecule has 4 aromatic rings. The summed E-state index contributed by atoms with van der Waals surface area (Å²) in [6.07, 6.45) is 6.16. The topological polar surface area (TPSA) is 131 Å². The number of hydrogen-bond acceptors (Lipinski definition) is 6. The molecule has 0 bridgehead atoms. The Bertz CT molecular complexity index is 1680. The van der Waals surface area contributed by atoms with Gasteiger partial charge in [-0.05, 0) is 31.0 Å². The van der Waals surface area contributed by atoms with Crippen molar-refractivity contribution >= 4 is 22.7 Å². The third kappa shape index (κ3) is 4.44. The van der Waals surface area contributed by atoms with Crippen LogP contribution in [0.5, 0.6) is 11.5 Å². The van der Waals surface area contributed by atoms with Crippen LogP contribution in [0.25, 0.3) is 27.6 Å². The molecular formula is C27H26N6O3. The second kappa shape index (κ2) is 9.80. The maximum absolute atomic E-state index is 13.0. The van der Waals surface area contributed by atoms with Gasteiger partial charge in [0.15, 0.2) is 5.75 Å². The first-order valence-electron chi connectivity index (χ1n) is 11.2. The van der Waals surface area contributed by atoms with Gasteiger partial charge in [0.25, 0.3) is 11.1 Å². The van der Waals surface area contributed by atoms with Gasteiger partial charge in [-0.1, -0.05) is 18.2 Å². The van der Waals surface area contributed by atoms with Crippen molar-refractivity contribution in [1.29, 1.82) is 5.26 Å². The number of nitrogens with one attached hydrogen (secondary N) is 1. The molecular weight excluding hydrogens is 456 g/mol. The first-order valence-corrected chi connectivity index (χ1v) is 11.2. The molecule has 0 spiro atoms. The second-order valence-corrected chi connectivity index (χ2v) is 8.50. The number of fused-ring (bicyclic) bond motifs is 1. The van der Waals surface area contributed by atoms with Gasteiger partial charge in [-0.3, -0.25) is 14.6 Å². The minimum Gasteiger partial charge on any atom is -0.455 e. The molecule has 36 heavy (non-hydrogen) atoms. The lowest BCUT2D eigenvalue weighted by molar-refractivity contribution is 0.470. The number of nitrogens with two attached hydrogens (primary N) is 1. The van der Waals surface area contributed by atoms with Crippen LogP contribution < -0.4 is 21.6 Å². The summed E-state index contributed by atoms with van der Waals surface area (Å²) in [6.45, 7) is 3.90. The number of aromatic amines is 1. The third-order valence-electron chi connectivity index (χ3n) is 5.95. The summed E-state index contributed by atoms with van der Waals surface area (Å²) >= 11 is 0. The van der Waals surface area contributed by atoms with Crippen LogP contribution in [0, 0.1) is 25.2 Å². The highest BCUT2D eigenvalue weighted by Gasteiger charge is 2.19. The van der Waals surface area contributed by atoms with E-state index in [4.69, 9.17) is 15.7 Å². The number of ether oxygens (including phenoxy) is 1. The van der Waals surface area contributed by atoms with Gasteiger partial charge in [0.05, 0.1) is 12.3 Å². The highest BCUT2D eigenvalue weighted by molar-refractivity contribution is 6.11. The van der Waals surface area contributed by atoms with Crippen LogP contribution in [-0.2, 0) is 14.1 Å². The van der Waals surface area contributed by atoms with E-state index in [0.717, 1.165) is 11.1 Å². The van der Waals surface area contributed by atoms with E-state index in [9.17, 15) is 9.59 Å². The van der Waals surface area contributed by atoms with Gasteiger partial charge in [0.1, 0.15) is 17.8 Å². The Morgan fingerprint density at radius 2 is 1.86 bits per heavy atom. The van der Waals surface area contributed by atoms with Gasteiger partial charge in [-0.15, -0.1) is 0 Å². The fraction of sp³-hybridized carbons (Fsp3) is 0.185. The average Bonchev–Trinajstić information content (AvgIpc) is 3.29. The molecule has 3 aromatic heterocycles. The van der Waals surface area contributed by atoms with E-state index < -0.39 is 0 Å². The Morgan fingerprint density at radius 1 is 1.14 bits per heavy atom. The molecule has 0 aliphatic rings. The molecule has 4 rings (SSSR count). The summed E-state index contributed by atoms with van der Waals surface area (Å²) in [5.41, 5.74) is 9.85.